The number of rotatable bonds is 3. The third-order valence-corrected chi connectivity index (χ3v) is 3.08. The number of aromatic hydroxyl groups is 1. The Bertz CT molecular complexity index is 412. The Kier molecular flexibility index (Phi) is 4.39. The Hall–Kier alpha value is -0.990. The van der Waals surface area contributed by atoms with E-state index in [-0.39, 0.29) is 21.3 Å². The van der Waals surface area contributed by atoms with Crippen molar-refractivity contribution in [3.05, 3.63) is 21.0 Å². The first-order valence-electron chi connectivity index (χ1n) is 4.18. The molecule has 0 radical (unpaired) electrons. The lowest BCUT2D eigenvalue weighted by Crippen LogP contribution is -2.08. The Morgan fingerprint density at radius 2 is 2.31 bits per heavy atom. The van der Waals surface area contributed by atoms with Crippen molar-refractivity contribution in [2.75, 3.05) is 7.11 Å². The van der Waals surface area contributed by atoms with Gasteiger partial charge in [0, 0.05) is 9.13 Å². The molecule has 1 aromatic rings. The number of aromatic nitrogens is 1. The zero-order valence-corrected chi connectivity index (χ0v) is 10.4. The van der Waals surface area contributed by atoms with Crippen molar-refractivity contribution in [2.24, 2.45) is 0 Å². The van der Waals surface area contributed by atoms with Crippen LogP contribution in [0.1, 0.15) is 17.7 Å². The topological polar surface area (TPSA) is 59.4 Å². The lowest BCUT2D eigenvalue weighted by atomic mass is 10.1. The zero-order valence-electron chi connectivity index (χ0n) is 8.21. The van der Waals surface area contributed by atoms with Crippen molar-refractivity contribution in [3.63, 3.8) is 0 Å². The predicted molar refractivity (Wildman–Crippen MR) is 59.3 cm³/mol. The number of ether oxygens (including phenoxy) is 1. The number of esters is 1. The van der Waals surface area contributed by atoms with Gasteiger partial charge in [0.1, 0.15) is 11.4 Å². The maximum Gasteiger partial charge on any atom is 0.310 e. The molecule has 0 unspecified atom stereocenters. The van der Waals surface area contributed by atoms with Crippen LogP contribution in [0.2, 0.25) is 0 Å². The van der Waals surface area contributed by atoms with Gasteiger partial charge in [0.15, 0.2) is 0 Å². The second-order valence-electron chi connectivity index (χ2n) is 2.87. The van der Waals surface area contributed by atoms with Crippen molar-refractivity contribution < 1.29 is 23.4 Å². The van der Waals surface area contributed by atoms with E-state index < -0.39 is 18.1 Å². The van der Waals surface area contributed by atoms with E-state index in [1.807, 2.05) is 0 Å². The third-order valence-electron chi connectivity index (χ3n) is 1.88. The van der Waals surface area contributed by atoms with E-state index in [2.05, 4.69) is 9.72 Å². The highest BCUT2D eigenvalue weighted by molar-refractivity contribution is 14.1. The van der Waals surface area contributed by atoms with Crippen molar-refractivity contribution in [1.29, 1.82) is 0 Å². The van der Waals surface area contributed by atoms with Gasteiger partial charge in [-0.25, -0.2) is 8.78 Å². The lowest BCUT2D eigenvalue weighted by molar-refractivity contribution is -0.139. The minimum absolute atomic E-state index is 0.0815. The molecule has 0 spiro atoms. The Morgan fingerprint density at radius 3 is 2.81 bits per heavy atom. The summed E-state index contributed by atoms with van der Waals surface area (Å²) in [6.07, 6.45) is -2.10. The maximum atomic E-state index is 12.5. The number of halogens is 3. The zero-order chi connectivity index (χ0) is 12.3. The lowest BCUT2D eigenvalue weighted by Gasteiger charge is -2.09. The highest BCUT2D eigenvalue weighted by Crippen LogP contribution is 2.30. The highest BCUT2D eigenvalue weighted by atomic mass is 127. The van der Waals surface area contributed by atoms with Gasteiger partial charge in [0.2, 0.25) is 0 Å². The summed E-state index contributed by atoms with van der Waals surface area (Å²) in [5.74, 6) is -0.904. The van der Waals surface area contributed by atoms with Gasteiger partial charge in [-0.2, -0.15) is 0 Å². The largest absolute Gasteiger partial charge is 0.506 e. The summed E-state index contributed by atoms with van der Waals surface area (Å²) in [4.78, 5) is 14.4. The van der Waals surface area contributed by atoms with Gasteiger partial charge < -0.3 is 9.84 Å². The van der Waals surface area contributed by atoms with Crippen LogP contribution in [-0.4, -0.2) is 23.2 Å². The molecule has 16 heavy (non-hydrogen) atoms. The summed E-state index contributed by atoms with van der Waals surface area (Å²) in [6.45, 7) is 0. The fourth-order valence-electron chi connectivity index (χ4n) is 1.07. The SMILES string of the molecule is COC(=O)Cc1c(O)cnc(C(F)F)c1I. The van der Waals surface area contributed by atoms with Crippen LogP contribution >= 0.6 is 22.6 Å². The molecule has 1 rings (SSSR count). The minimum Gasteiger partial charge on any atom is -0.506 e. The molecule has 0 atom stereocenters. The van der Waals surface area contributed by atoms with Gasteiger partial charge >= 0.3 is 5.97 Å². The molecule has 88 valence electrons. The second kappa shape index (κ2) is 5.37. The molecule has 0 aliphatic carbocycles. The van der Waals surface area contributed by atoms with E-state index in [1.54, 1.807) is 22.6 Å². The summed E-state index contributed by atoms with van der Waals surface area (Å²) in [6, 6.07) is 0. The summed E-state index contributed by atoms with van der Waals surface area (Å²) >= 11 is 1.62. The Balaban J connectivity index is 3.16. The Labute approximate surface area is 104 Å². The van der Waals surface area contributed by atoms with Gasteiger partial charge in [-0.15, -0.1) is 0 Å². The minimum atomic E-state index is -2.75. The molecule has 1 N–H and O–H groups in total. The van der Waals surface area contributed by atoms with Crippen molar-refractivity contribution in [3.8, 4) is 5.75 Å². The molecule has 4 nitrogen and oxygen atoms in total. The highest BCUT2D eigenvalue weighted by Gasteiger charge is 2.20. The number of hydrogen-bond acceptors (Lipinski definition) is 4. The van der Waals surface area contributed by atoms with E-state index in [0.717, 1.165) is 6.20 Å². The van der Waals surface area contributed by atoms with E-state index in [1.165, 1.54) is 7.11 Å². The number of carbonyl (C=O) groups excluding carboxylic acids is 1. The van der Waals surface area contributed by atoms with Crippen LogP contribution in [0.4, 0.5) is 8.78 Å². The quantitative estimate of drug-likeness (QED) is 0.674. The standard InChI is InChI=1S/C9H8F2INO3/c1-16-6(15)2-4-5(14)3-13-8(7(4)12)9(10)11/h3,9,14H,2H2,1H3. The van der Waals surface area contributed by atoms with Crippen molar-refractivity contribution in [2.45, 2.75) is 12.8 Å². The van der Waals surface area contributed by atoms with Crippen molar-refractivity contribution in [1.82, 2.24) is 4.98 Å². The van der Waals surface area contributed by atoms with E-state index in [9.17, 15) is 18.7 Å². The number of hydrogen-bond donors (Lipinski definition) is 1. The molecule has 0 amide bonds. The van der Waals surface area contributed by atoms with Crippen LogP contribution in [0, 0.1) is 3.57 Å². The van der Waals surface area contributed by atoms with Crippen molar-refractivity contribution >= 4 is 28.6 Å². The van der Waals surface area contributed by atoms with Crippen LogP contribution in [0.15, 0.2) is 6.20 Å². The summed E-state index contributed by atoms with van der Waals surface area (Å²) in [5, 5.41) is 9.42. The third kappa shape index (κ3) is 2.77. The van der Waals surface area contributed by atoms with Crippen LogP contribution < -0.4 is 0 Å². The molecule has 0 saturated heterocycles. The van der Waals surface area contributed by atoms with E-state index in [4.69, 9.17) is 0 Å². The first-order chi connectivity index (χ1) is 7.47. The van der Waals surface area contributed by atoms with Crippen LogP contribution in [0.25, 0.3) is 0 Å². The number of alkyl halides is 2. The van der Waals surface area contributed by atoms with E-state index in [0.29, 0.717) is 0 Å². The average Bonchev–Trinajstić information content (AvgIpc) is 2.23. The Morgan fingerprint density at radius 1 is 1.69 bits per heavy atom. The predicted octanol–water partition coefficient (Wildman–Crippen LogP) is 2.04. The molecule has 0 bridgehead atoms. The molecule has 0 aromatic carbocycles. The summed E-state index contributed by atoms with van der Waals surface area (Å²) in [5.41, 5.74) is -0.338. The first-order valence-corrected chi connectivity index (χ1v) is 5.26. The van der Waals surface area contributed by atoms with Crippen LogP contribution in [0.5, 0.6) is 5.75 Å². The van der Waals surface area contributed by atoms with Gasteiger partial charge in [-0.05, 0) is 22.6 Å². The summed E-state index contributed by atoms with van der Waals surface area (Å²) < 4.78 is 29.5. The number of nitrogens with zero attached hydrogens (tertiary/aromatic N) is 1. The van der Waals surface area contributed by atoms with Gasteiger partial charge in [-0.3, -0.25) is 9.78 Å². The van der Waals surface area contributed by atoms with Gasteiger partial charge in [0.05, 0.1) is 19.7 Å². The smallest absolute Gasteiger partial charge is 0.310 e. The maximum absolute atomic E-state index is 12.5. The fourth-order valence-corrected chi connectivity index (χ4v) is 1.91. The number of pyridine rings is 1. The second-order valence-corrected chi connectivity index (χ2v) is 3.95. The summed E-state index contributed by atoms with van der Waals surface area (Å²) in [7, 11) is 1.18. The first kappa shape index (κ1) is 13.1. The monoisotopic (exact) mass is 343 g/mol. The normalized spacial score (nSPS) is 10.6. The van der Waals surface area contributed by atoms with Gasteiger partial charge in [-0.1, -0.05) is 0 Å². The molecule has 0 saturated carbocycles. The van der Waals surface area contributed by atoms with Crippen LogP contribution in [0.3, 0.4) is 0 Å². The fraction of sp³-hybridized carbons (Fsp3) is 0.333. The molecule has 1 heterocycles. The molecule has 0 fully saturated rings. The molecular formula is C9H8F2INO3. The van der Waals surface area contributed by atoms with Gasteiger partial charge in [0.25, 0.3) is 6.43 Å². The number of carbonyl (C=O) groups is 1. The molecule has 1 aromatic heterocycles. The molecule has 0 aliphatic rings. The molecule has 7 heteroatoms. The molecule has 0 aliphatic heterocycles. The van der Waals surface area contributed by atoms with E-state index >= 15 is 0 Å². The van der Waals surface area contributed by atoms with Crippen LogP contribution in [-0.2, 0) is 16.0 Å². The average molecular weight is 343 g/mol. The number of methoxy groups -OCH3 is 1. The molecular weight excluding hydrogens is 335 g/mol.